The number of hydrogen-bond donors (Lipinski definition) is 1. The highest BCUT2D eigenvalue weighted by Gasteiger charge is 2.19. The van der Waals surface area contributed by atoms with Gasteiger partial charge in [0.05, 0.1) is 6.42 Å². The highest BCUT2D eigenvalue weighted by molar-refractivity contribution is 9.09. The summed E-state index contributed by atoms with van der Waals surface area (Å²) in [5, 5.41) is 6.35. The molecule has 20 heavy (non-hydrogen) atoms. The molecule has 0 fully saturated rings. The fourth-order valence-corrected chi connectivity index (χ4v) is 3.25. The molecule has 0 bridgehead atoms. The van der Waals surface area contributed by atoms with Gasteiger partial charge in [0.25, 0.3) is 0 Å². The molecule has 0 heterocycles. The van der Waals surface area contributed by atoms with Crippen LogP contribution in [0.5, 0.6) is 0 Å². The van der Waals surface area contributed by atoms with E-state index in [-0.39, 0.29) is 11.4 Å². The summed E-state index contributed by atoms with van der Waals surface area (Å²) in [6.45, 7) is 4.10. The second-order valence-electron chi connectivity index (χ2n) is 5.73. The third kappa shape index (κ3) is 4.07. The maximum Gasteiger partial charge on any atom is 0.224 e. The topological polar surface area (TPSA) is 29.1 Å². The molecule has 0 aliphatic heterocycles. The quantitative estimate of drug-likeness (QED) is 0.821. The Balaban J connectivity index is 2.06. The standard InChI is InChI=1S/C17H20BrNO/c1-17(2,9-10-18)19-16(20)12-13-7-8-14-5-3-4-6-15(14)11-13/h3-8,11H,9-10,12H2,1-2H3,(H,19,20). The number of rotatable bonds is 5. The van der Waals surface area contributed by atoms with Gasteiger partial charge in [-0.2, -0.15) is 0 Å². The summed E-state index contributed by atoms with van der Waals surface area (Å²) in [4.78, 5) is 12.1. The number of amides is 1. The summed E-state index contributed by atoms with van der Waals surface area (Å²) < 4.78 is 0. The van der Waals surface area contributed by atoms with Crippen LogP contribution in [0.1, 0.15) is 25.8 Å². The van der Waals surface area contributed by atoms with Gasteiger partial charge in [-0.3, -0.25) is 4.79 Å². The minimum Gasteiger partial charge on any atom is -0.351 e. The molecule has 2 rings (SSSR count). The second-order valence-corrected chi connectivity index (χ2v) is 6.52. The molecule has 106 valence electrons. The maximum absolute atomic E-state index is 12.1. The van der Waals surface area contributed by atoms with Crippen molar-refractivity contribution in [2.75, 3.05) is 5.33 Å². The van der Waals surface area contributed by atoms with E-state index in [4.69, 9.17) is 0 Å². The van der Waals surface area contributed by atoms with E-state index in [9.17, 15) is 4.79 Å². The summed E-state index contributed by atoms with van der Waals surface area (Å²) >= 11 is 3.42. The van der Waals surface area contributed by atoms with Crippen LogP contribution >= 0.6 is 15.9 Å². The van der Waals surface area contributed by atoms with Crippen LogP contribution in [0.15, 0.2) is 42.5 Å². The molecule has 1 N–H and O–H groups in total. The van der Waals surface area contributed by atoms with Gasteiger partial charge in [-0.1, -0.05) is 58.4 Å². The Hall–Kier alpha value is -1.35. The van der Waals surface area contributed by atoms with Gasteiger partial charge in [0.2, 0.25) is 5.91 Å². The summed E-state index contributed by atoms with van der Waals surface area (Å²) in [6.07, 6.45) is 1.34. The highest BCUT2D eigenvalue weighted by Crippen LogP contribution is 2.16. The first-order valence-electron chi connectivity index (χ1n) is 6.85. The molecule has 0 aliphatic rings. The SMILES string of the molecule is CC(C)(CCBr)NC(=O)Cc1ccc2ccccc2c1. The van der Waals surface area contributed by atoms with Crippen molar-refractivity contribution in [2.45, 2.75) is 32.2 Å². The number of carbonyl (C=O) groups is 1. The van der Waals surface area contributed by atoms with Gasteiger partial charge < -0.3 is 5.32 Å². The fraction of sp³-hybridized carbons (Fsp3) is 0.353. The monoisotopic (exact) mass is 333 g/mol. The van der Waals surface area contributed by atoms with Gasteiger partial charge in [-0.15, -0.1) is 0 Å². The Morgan fingerprint density at radius 1 is 1.15 bits per heavy atom. The van der Waals surface area contributed by atoms with E-state index in [1.165, 1.54) is 10.8 Å². The van der Waals surface area contributed by atoms with E-state index in [0.29, 0.717) is 6.42 Å². The molecular weight excluding hydrogens is 314 g/mol. The first-order valence-corrected chi connectivity index (χ1v) is 7.97. The molecule has 2 nitrogen and oxygen atoms in total. The Morgan fingerprint density at radius 2 is 1.85 bits per heavy atom. The lowest BCUT2D eigenvalue weighted by Gasteiger charge is -2.25. The third-order valence-electron chi connectivity index (χ3n) is 3.38. The number of nitrogens with one attached hydrogen (secondary N) is 1. The minimum atomic E-state index is -0.169. The predicted molar refractivity (Wildman–Crippen MR) is 88.3 cm³/mol. The van der Waals surface area contributed by atoms with Crippen LogP contribution in [0.25, 0.3) is 10.8 Å². The van der Waals surface area contributed by atoms with Gasteiger partial charge in [0, 0.05) is 10.9 Å². The number of halogens is 1. The lowest BCUT2D eigenvalue weighted by molar-refractivity contribution is -0.122. The Bertz CT molecular complexity index is 607. The van der Waals surface area contributed by atoms with Gasteiger partial charge >= 0.3 is 0 Å². The summed E-state index contributed by atoms with van der Waals surface area (Å²) in [5.41, 5.74) is 0.882. The Labute approximate surface area is 128 Å². The number of carbonyl (C=O) groups excluding carboxylic acids is 1. The van der Waals surface area contributed by atoms with Gasteiger partial charge in [-0.25, -0.2) is 0 Å². The lowest BCUT2D eigenvalue weighted by Crippen LogP contribution is -2.44. The van der Waals surface area contributed by atoms with Crippen molar-refractivity contribution < 1.29 is 4.79 Å². The van der Waals surface area contributed by atoms with Crippen molar-refractivity contribution in [3.63, 3.8) is 0 Å². The van der Waals surface area contributed by atoms with Crippen LogP contribution in [0, 0.1) is 0 Å². The second kappa shape index (κ2) is 6.40. The summed E-state index contributed by atoms with van der Waals surface area (Å²) in [7, 11) is 0. The number of hydrogen-bond acceptors (Lipinski definition) is 1. The largest absolute Gasteiger partial charge is 0.351 e. The minimum absolute atomic E-state index is 0.0752. The van der Waals surface area contributed by atoms with Crippen molar-refractivity contribution in [3.05, 3.63) is 48.0 Å². The highest BCUT2D eigenvalue weighted by atomic mass is 79.9. The van der Waals surface area contributed by atoms with Crippen molar-refractivity contribution in [3.8, 4) is 0 Å². The number of fused-ring (bicyclic) bond motifs is 1. The van der Waals surface area contributed by atoms with Gasteiger partial charge in [0.1, 0.15) is 0 Å². The smallest absolute Gasteiger partial charge is 0.224 e. The molecule has 0 radical (unpaired) electrons. The van der Waals surface area contributed by atoms with Crippen LogP contribution in [-0.2, 0) is 11.2 Å². The van der Waals surface area contributed by atoms with Crippen molar-refractivity contribution in [1.82, 2.24) is 5.32 Å². The maximum atomic E-state index is 12.1. The van der Waals surface area contributed by atoms with Crippen LogP contribution in [0.3, 0.4) is 0 Å². The molecule has 2 aromatic carbocycles. The van der Waals surface area contributed by atoms with Crippen LogP contribution < -0.4 is 5.32 Å². The van der Waals surface area contributed by atoms with E-state index in [2.05, 4.69) is 45.5 Å². The molecule has 3 heteroatoms. The van der Waals surface area contributed by atoms with E-state index in [1.54, 1.807) is 0 Å². The molecule has 0 aliphatic carbocycles. The average Bonchev–Trinajstić information content (AvgIpc) is 2.37. The van der Waals surface area contributed by atoms with E-state index < -0.39 is 0 Å². The van der Waals surface area contributed by atoms with Crippen molar-refractivity contribution in [2.24, 2.45) is 0 Å². The average molecular weight is 334 g/mol. The van der Waals surface area contributed by atoms with Crippen molar-refractivity contribution in [1.29, 1.82) is 0 Å². The first kappa shape index (κ1) is 15.0. The molecule has 0 atom stereocenters. The molecule has 0 spiro atoms. The fourth-order valence-electron chi connectivity index (χ4n) is 2.25. The van der Waals surface area contributed by atoms with Crippen LogP contribution in [0.4, 0.5) is 0 Å². The molecule has 0 unspecified atom stereocenters. The summed E-state index contributed by atoms with van der Waals surface area (Å²) in [5.74, 6) is 0.0752. The normalized spacial score (nSPS) is 11.6. The molecular formula is C17H20BrNO. The Kier molecular flexibility index (Phi) is 4.81. The number of alkyl halides is 1. The summed E-state index contributed by atoms with van der Waals surface area (Å²) in [6, 6.07) is 14.4. The van der Waals surface area contributed by atoms with Crippen LogP contribution in [0.2, 0.25) is 0 Å². The van der Waals surface area contributed by atoms with E-state index >= 15 is 0 Å². The van der Waals surface area contributed by atoms with E-state index in [1.807, 2.05) is 32.0 Å². The van der Waals surface area contributed by atoms with E-state index in [0.717, 1.165) is 17.3 Å². The molecule has 0 aromatic heterocycles. The molecule has 2 aromatic rings. The molecule has 0 saturated heterocycles. The van der Waals surface area contributed by atoms with Gasteiger partial charge in [0.15, 0.2) is 0 Å². The zero-order valence-electron chi connectivity index (χ0n) is 11.9. The molecule has 0 saturated carbocycles. The van der Waals surface area contributed by atoms with Gasteiger partial charge in [-0.05, 0) is 36.6 Å². The zero-order valence-corrected chi connectivity index (χ0v) is 13.5. The van der Waals surface area contributed by atoms with Crippen LogP contribution in [-0.4, -0.2) is 16.8 Å². The third-order valence-corrected chi connectivity index (χ3v) is 3.77. The predicted octanol–water partition coefficient (Wildman–Crippen LogP) is 4.06. The molecule has 1 amide bonds. The zero-order chi connectivity index (χ0) is 14.6. The Morgan fingerprint density at radius 3 is 2.55 bits per heavy atom. The van der Waals surface area contributed by atoms with Crippen molar-refractivity contribution >= 4 is 32.6 Å². The number of benzene rings is 2. The lowest BCUT2D eigenvalue weighted by atomic mass is 10.0. The first-order chi connectivity index (χ1) is 9.50.